The number of H-pyrrole nitrogens is 1. The zero-order chi connectivity index (χ0) is 18.0. The van der Waals surface area contributed by atoms with Crippen molar-refractivity contribution in [3.05, 3.63) is 57.6 Å². The number of rotatable bonds is 5. The molecule has 2 aromatic heterocycles. The topological polar surface area (TPSA) is 97.7 Å². The molecule has 2 N–H and O–H groups in total. The standard InChI is InChI=1S/C17H18N4O4/c1-10-6-15(22)21-16(20-10)13(9-19-21)17(23)18-8-11-4-5-12(24-2)7-14(11)25-3/h4-7,9,19H,8H2,1-3H3,(H,18,23). The predicted octanol–water partition coefficient (Wildman–Crippen LogP) is 1.28. The van der Waals surface area contributed by atoms with Gasteiger partial charge in [-0.25, -0.2) is 9.50 Å². The number of aryl methyl sites for hydroxylation is 1. The molecule has 0 atom stereocenters. The molecule has 0 saturated carbocycles. The van der Waals surface area contributed by atoms with Gasteiger partial charge in [-0.3, -0.25) is 14.7 Å². The lowest BCUT2D eigenvalue weighted by molar-refractivity contribution is 0.0952. The van der Waals surface area contributed by atoms with E-state index in [2.05, 4.69) is 15.4 Å². The Hall–Kier alpha value is -3.29. The highest BCUT2D eigenvalue weighted by molar-refractivity contribution is 5.99. The van der Waals surface area contributed by atoms with E-state index in [4.69, 9.17) is 9.47 Å². The lowest BCUT2D eigenvalue weighted by atomic mass is 10.2. The summed E-state index contributed by atoms with van der Waals surface area (Å²) in [5.74, 6) is 0.945. The van der Waals surface area contributed by atoms with Gasteiger partial charge >= 0.3 is 0 Å². The van der Waals surface area contributed by atoms with Crippen molar-refractivity contribution in [2.45, 2.75) is 13.5 Å². The summed E-state index contributed by atoms with van der Waals surface area (Å²) in [7, 11) is 3.13. The Morgan fingerprint density at radius 1 is 1.28 bits per heavy atom. The van der Waals surface area contributed by atoms with E-state index in [1.807, 2.05) is 6.07 Å². The Labute approximate surface area is 143 Å². The fourth-order valence-corrected chi connectivity index (χ4v) is 2.53. The zero-order valence-electron chi connectivity index (χ0n) is 14.1. The Balaban J connectivity index is 1.83. The number of fused-ring (bicyclic) bond motifs is 1. The third-order valence-corrected chi connectivity index (χ3v) is 3.80. The first-order chi connectivity index (χ1) is 12.0. The molecular formula is C17H18N4O4. The van der Waals surface area contributed by atoms with Gasteiger partial charge in [-0.2, -0.15) is 0 Å². The molecule has 0 aliphatic heterocycles. The molecule has 0 unspecified atom stereocenters. The lowest BCUT2D eigenvalue weighted by Crippen LogP contribution is -2.23. The van der Waals surface area contributed by atoms with Crippen LogP contribution >= 0.6 is 0 Å². The Morgan fingerprint density at radius 3 is 2.80 bits per heavy atom. The van der Waals surface area contributed by atoms with Crippen molar-refractivity contribution in [1.29, 1.82) is 0 Å². The molecule has 1 amide bonds. The van der Waals surface area contributed by atoms with Gasteiger partial charge in [-0.1, -0.05) is 0 Å². The van der Waals surface area contributed by atoms with Crippen LogP contribution in [0.4, 0.5) is 0 Å². The van der Waals surface area contributed by atoms with Gasteiger partial charge in [0.1, 0.15) is 17.1 Å². The maximum absolute atomic E-state index is 12.5. The summed E-state index contributed by atoms with van der Waals surface area (Å²) in [4.78, 5) is 28.6. The van der Waals surface area contributed by atoms with Crippen LogP contribution in [0.5, 0.6) is 11.5 Å². The second-order valence-corrected chi connectivity index (χ2v) is 5.44. The highest BCUT2D eigenvalue weighted by Gasteiger charge is 2.15. The summed E-state index contributed by atoms with van der Waals surface area (Å²) in [6, 6.07) is 6.76. The van der Waals surface area contributed by atoms with Crippen LogP contribution in [0.3, 0.4) is 0 Å². The van der Waals surface area contributed by atoms with E-state index in [-0.39, 0.29) is 18.0 Å². The van der Waals surface area contributed by atoms with Crippen molar-refractivity contribution in [3.8, 4) is 11.5 Å². The number of benzene rings is 1. The van der Waals surface area contributed by atoms with Crippen LogP contribution in [0.2, 0.25) is 0 Å². The molecule has 0 saturated heterocycles. The molecule has 0 fully saturated rings. The van der Waals surface area contributed by atoms with Crippen LogP contribution in [-0.4, -0.2) is 34.7 Å². The van der Waals surface area contributed by atoms with E-state index in [9.17, 15) is 9.59 Å². The number of hydrogen-bond donors (Lipinski definition) is 2. The lowest BCUT2D eigenvalue weighted by Gasteiger charge is -2.11. The number of aromatic nitrogens is 3. The SMILES string of the molecule is COc1ccc(CNC(=O)c2c[nH]n3c(=O)cc(C)nc23)c(OC)c1. The molecule has 1 aromatic carbocycles. The van der Waals surface area contributed by atoms with Crippen molar-refractivity contribution in [2.24, 2.45) is 0 Å². The first-order valence-electron chi connectivity index (χ1n) is 7.60. The maximum Gasteiger partial charge on any atom is 0.272 e. The van der Waals surface area contributed by atoms with Crippen LogP contribution in [-0.2, 0) is 6.54 Å². The summed E-state index contributed by atoms with van der Waals surface area (Å²) < 4.78 is 11.7. The van der Waals surface area contributed by atoms with Crippen LogP contribution in [0.1, 0.15) is 21.6 Å². The number of nitrogens with zero attached hydrogens (tertiary/aromatic N) is 2. The molecule has 3 aromatic rings. The van der Waals surface area contributed by atoms with Gasteiger partial charge in [-0.15, -0.1) is 0 Å². The maximum atomic E-state index is 12.5. The number of amides is 1. The summed E-state index contributed by atoms with van der Waals surface area (Å²) in [5.41, 5.74) is 1.68. The molecule has 0 radical (unpaired) electrons. The molecule has 8 heteroatoms. The third-order valence-electron chi connectivity index (χ3n) is 3.80. The van der Waals surface area contributed by atoms with Gasteiger partial charge in [0, 0.05) is 36.1 Å². The average molecular weight is 342 g/mol. The number of ether oxygens (including phenoxy) is 2. The molecule has 130 valence electrons. The summed E-state index contributed by atoms with van der Waals surface area (Å²) in [5, 5.41) is 5.55. The van der Waals surface area contributed by atoms with E-state index in [0.29, 0.717) is 28.4 Å². The van der Waals surface area contributed by atoms with Crippen LogP contribution in [0, 0.1) is 6.92 Å². The Morgan fingerprint density at radius 2 is 2.08 bits per heavy atom. The fraction of sp³-hybridized carbons (Fsp3) is 0.235. The molecular weight excluding hydrogens is 324 g/mol. The average Bonchev–Trinajstić information content (AvgIpc) is 3.03. The predicted molar refractivity (Wildman–Crippen MR) is 91.3 cm³/mol. The Bertz CT molecular complexity index is 990. The molecule has 2 heterocycles. The number of carbonyl (C=O) groups excluding carboxylic acids is 1. The van der Waals surface area contributed by atoms with E-state index in [0.717, 1.165) is 5.56 Å². The highest BCUT2D eigenvalue weighted by atomic mass is 16.5. The minimum absolute atomic E-state index is 0.263. The molecule has 0 bridgehead atoms. The van der Waals surface area contributed by atoms with Gasteiger partial charge < -0.3 is 14.8 Å². The number of nitrogens with one attached hydrogen (secondary N) is 2. The van der Waals surface area contributed by atoms with Crippen molar-refractivity contribution >= 4 is 11.6 Å². The van der Waals surface area contributed by atoms with Gasteiger partial charge in [0.25, 0.3) is 11.5 Å². The van der Waals surface area contributed by atoms with Crippen molar-refractivity contribution in [1.82, 2.24) is 19.9 Å². The second kappa shape index (κ2) is 6.68. The fourth-order valence-electron chi connectivity index (χ4n) is 2.53. The van der Waals surface area contributed by atoms with Gasteiger partial charge in [-0.05, 0) is 19.1 Å². The van der Waals surface area contributed by atoms with Crippen molar-refractivity contribution in [2.75, 3.05) is 14.2 Å². The largest absolute Gasteiger partial charge is 0.497 e. The molecule has 8 nitrogen and oxygen atoms in total. The molecule has 0 aliphatic carbocycles. The van der Waals surface area contributed by atoms with E-state index >= 15 is 0 Å². The zero-order valence-corrected chi connectivity index (χ0v) is 14.1. The minimum atomic E-state index is -0.339. The second-order valence-electron chi connectivity index (χ2n) is 5.44. The van der Waals surface area contributed by atoms with Crippen molar-refractivity contribution < 1.29 is 14.3 Å². The van der Waals surface area contributed by atoms with Gasteiger partial charge in [0.05, 0.1) is 14.2 Å². The van der Waals surface area contributed by atoms with E-state index in [1.54, 1.807) is 33.3 Å². The number of aromatic amines is 1. The van der Waals surface area contributed by atoms with Crippen LogP contribution in [0.15, 0.2) is 35.3 Å². The summed E-state index contributed by atoms with van der Waals surface area (Å²) in [6.07, 6.45) is 1.46. The molecule has 25 heavy (non-hydrogen) atoms. The van der Waals surface area contributed by atoms with E-state index in [1.165, 1.54) is 16.8 Å². The molecule has 3 rings (SSSR count). The number of hydrogen-bond acceptors (Lipinski definition) is 5. The molecule has 0 spiro atoms. The highest BCUT2D eigenvalue weighted by Crippen LogP contribution is 2.24. The number of carbonyl (C=O) groups is 1. The van der Waals surface area contributed by atoms with Gasteiger partial charge in [0.2, 0.25) is 0 Å². The first kappa shape index (κ1) is 16.6. The number of methoxy groups -OCH3 is 2. The minimum Gasteiger partial charge on any atom is -0.497 e. The monoisotopic (exact) mass is 342 g/mol. The Kier molecular flexibility index (Phi) is 4.42. The first-order valence-corrected chi connectivity index (χ1v) is 7.60. The van der Waals surface area contributed by atoms with E-state index < -0.39 is 0 Å². The smallest absolute Gasteiger partial charge is 0.272 e. The van der Waals surface area contributed by atoms with Gasteiger partial charge in [0.15, 0.2) is 5.65 Å². The normalized spacial score (nSPS) is 10.7. The van der Waals surface area contributed by atoms with Crippen LogP contribution < -0.4 is 20.3 Å². The summed E-state index contributed by atoms with van der Waals surface area (Å²) >= 11 is 0. The quantitative estimate of drug-likeness (QED) is 0.728. The molecule has 0 aliphatic rings. The third kappa shape index (κ3) is 3.18. The summed E-state index contributed by atoms with van der Waals surface area (Å²) in [6.45, 7) is 1.97. The van der Waals surface area contributed by atoms with Crippen molar-refractivity contribution in [3.63, 3.8) is 0 Å². The van der Waals surface area contributed by atoms with Crippen LogP contribution in [0.25, 0.3) is 5.65 Å².